The first-order valence-corrected chi connectivity index (χ1v) is 8.03. The molecule has 1 heterocycles. The quantitative estimate of drug-likeness (QED) is 0.671. The van der Waals surface area contributed by atoms with E-state index in [9.17, 15) is 13.2 Å². The fraction of sp³-hybridized carbons (Fsp3) is 0.583. The molecule has 114 valence electrons. The van der Waals surface area contributed by atoms with E-state index in [1.807, 2.05) is 13.8 Å². The molecule has 7 nitrogen and oxygen atoms in total. The highest BCUT2D eigenvalue weighted by atomic mass is 32.2. The van der Waals surface area contributed by atoms with Crippen LogP contribution in [0.25, 0.3) is 0 Å². The summed E-state index contributed by atoms with van der Waals surface area (Å²) in [6.45, 7) is 6.12. The number of hydrogen-bond donors (Lipinski definition) is 2. The van der Waals surface area contributed by atoms with Crippen LogP contribution in [0.15, 0.2) is 21.6 Å². The van der Waals surface area contributed by atoms with E-state index in [1.54, 1.807) is 11.0 Å². The summed E-state index contributed by atoms with van der Waals surface area (Å²) < 4.78 is 27.1. The van der Waals surface area contributed by atoms with Crippen molar-refractivity contribution in [2.24, 2.45) is 5.14 Å². The summed E-state index contributed by atoms with van der Waals surface area (Å²) in [5.74, 6) is 0.552. The van der Waals surface area contributed by atoms with Crippen LogP contribution in [-0.4, -0.2) is 38.9 Å². The molecule has 0 aliphatic carbocycles. The van der Waals surface area contributed by atoms with Gasteiger partial charge in [0.25, 0.3) is 10.0 Å². The van der Waals surface area contributed by atoms with Crippen molar-refractivity contribution in [3.63, 3.8) is 0 Å². The van der Waals surface area contributed by atoms with Crippen LogP contribution in [0.4, 0.5) is 0 Å². The van der Waals surface area contributed by atoms with Crippen LogP contribution in [0.1, 0.15) is 26.0 Å². The van der Waals surface area contributed by atoms with Crippen LogP contribution in [-0.2, 0) is 21.4 Å². The molecule has 0 bridgehead atoms. The monoisotopic (exact) mass is 303 g/mol. The van der Waals surface area contributed by atoms with Crippen molar-refractivity contribution in [2.45, 2.75) is 31.9 Å². The van der Waals surface area contributed by atoms with Crippen LogP contribution >= 0.6 is 0 Å². The lowest BCUT2D eigenvalue weighted by Crippen LogP contribution is -2.32. The summed E-state index contributed by atoms with van der Waals surface area (Å²) >= 11 is 0. The third kappa shape index (κ3) is 4.95. The van der Waals surface area contributed by atoms with E-state index in [4.69, 9.17) is 9.56 Å². The summed E-state index contributed by atoms with van der Waals surface area (Å²) in [4.78, 5) is 13.5. The number of carbonyl (C=O) groups is 1. The van der Waals surface area contributed by atoms with Crippen molar-refractivity contribution < 1.29 is 17.6 Å². The van der Waals surface area contributed by atoms with E-state index in [-0.39, 0.29) is 11.0 Å². The molecule has 1 aromatic rings. The van der Waals surface area contributed by atoms with Crippen molar-refractivity contribution in [2.75, 3.05) is 19.6 Å². The number of primary sulfonamides is 1. The molecule has 20 heavy (non-hydrogen) atoms. The summed E-state index contributed by atoms with van der Waals surface area (Å²) in [5.41, 5.74) is 0. The highest BCUT2D eigenvalue weighted by molar-refractivity contribution is 7.89. The van der Waals surface area contributed by atoms with Gasteiger partial charge in [0.1, 0.15) is 5.76 Å². The van der Waals surface area contributed by atoms with Gasteiger partial charge in [0.15, 0.2) is 0 Å². The fourth-order valence-electron chi connectivity index (χ4n) is 1.75. The molecule has 0 atom stereocenters. The Morgan fingerprint density at radius 2 is 2.00 bits per heavy atom. The lowest BCUT2D eigenvalue weighted by atomic mass is 10.3. The van der Waals surface area contributed by atoms with Crippen molar-refractivity contribution in [1.82, 2.24) is 10.2 Å². The van der Waals surface area contributed by atoms with E-state index >= 15 is 0 Å². The predicted molar refractivity (Wildman–Crippen MR) is 74.3 cm³/mol. The second kappa shape index (κ2) is 7.41. The smallest absolute Gasteiger partial charge is 0.271 e. The molecule has 0 aromatic carbocycles. The zero-order valence-corrected chi connectivity index (χ0v) is 12.6. The van der Waals surface area contributed by atoms with Crippen molar-refractivity contribution >= 4 is 15.9 Å². The molecule has 0 saturated heterocycles. The van der Waals surface area contributed by atoms with Crippen LogP contribution in [0, 0.1) is 0 Å². The number of nitrogens with zero attached hydrogens (tertiary/aromatic N) is 1. The van der Waals surface area contributed by atoms with E-state index < -0.39 is 10.0 Å². The maximum Gasteiger partial charge on any atom is 0.271 e. The van der Waals surface area contributed by atoms with Crippen molar-refractivity contribution in [1.29, 1.82) is 0 Å². The van der Waals surface area contributed by atoms with Crippen LogP contribution in [0.2, 0.25) is 0 Å². The highest BCUT2D eigenvalue weighted by Gasteiger charge is 2.13. The van der Waals surface area contributed by atoms with Gasteiger partial charge in [-0.05, 0) is 26.0 Å². The molecule has 0 fully saturated rings. The molecule has 0 aliphatic rings. The highest BCUT2D eigenvalue weighted by Crippen LogP contribution is 2.11. The Labute approximate surface area is 119 Å². The number of carbonyl (C=O) groups excluding carboxylic acids is 1. The standard InChI is InChI=1S/C12H21N3O4S/c1-3-15(4-2)11(16)7-8-14-9-10-5-6-12(19-10)20(13,17)18/h5-6,14H,3-4,7-9H2,1-2H3,(H2,13,17,18). The van der Waals surface area contributed by atoms with Gasteiger partial charge in [-0.2, -0.15) is 0 Å². The third-order valence-corrected chi connectivity index (χ3v) is 3.63. The van der Waals surface area contributed by atoms with Gasteiger partial charge in [-0.25, -0.2) is 13.6 Å². The largest absolute Gasteiger partial charge is 0.447 e. The van der Waals surface area contributed by atoms with Crippen molar-refractivity contribution in [3.8, 4) is 0 Å². The maximum atomic E-state index is 11.7. The van der Waals surface area contributed by atoms with Gasteiger partial charge in [-0.1, -0.05) is 0 Å². The minimum Gasteiger partial charge on any atom is -0.447 e. The first-order chi connectivity index (χ1) is 9.38. The summed E-state index contributed by atoms with van der Waals surface area (Å²) in [5, 5.41) is 7.70. The van der Waals surface area contributed by atoms with Gasteiger partial charge < -0.3 is 14.6 Å². The Morgan fingerprint density at radius 3 is 2.50 bits per heavy atom. The van der Waals surface area contributed by atoms with E-state index in [1.165, 1.54) is 6.07 Å². The molecular formula is C12H21N3O4S. The summed E-state index contributed by atoms with van der Waals surface area (Å²) in [6, 6.07) is 2.85. The number of sulfonamides is 1. The molecule has 1 aromatic heterocycles. The minimum absolute atomic E-state index is 0.0900. The normalized spacial score (nSPS) is 11.6. The average molecular weight is 303 g/mol. The number of rotatable bonds is 8. The zero-order chi connectivity index (χ0) is 15.2. The first kappa shape index (κ1) is 16.7. The summed E-state index contributed by atoms with van der Waals surface area (Å²) in [6.07, 6.45) is 0.393. The van der Waals surface area contributed by atoms with Crippen LogP contribution in [0.5, 0.6) is 0 Å². The molecule has 3 N–H and O–H groups in total. The topological polar surface area (TPSA) is 106 Å². The van der Waals surface area contributed by atoms with E-state index in [0.717, 1.165) is 0 Å². The van der Waals surface area contributed by atoms with E-state index in [0.29, 0.717) is 38.4 Å². The van der Waals surface area contributed by atoms with Gasteiger partial charge in [0.2, 0.25) is 11.0 Å². The Morgan fingerprint density at radius 1 is 1.35 bits per heavy atom. The predicted octanol–water partition coefficient (Wildman–Crippen LogP) is 0.275. The molecule has 0 saturated carbocycles. The molecule has 1 rings (SSSR count). The number of hydrogen-bond acceptors (Lipinski definition) is 5. The molecular weight excluding hydrogens is 282 g/mol. The van der Waals surface area contributed by atoms with Gasteiger partial charge in [-0.3, -0.25) is 4.79 Å². The molecule has 0 unspecified atom stereocenters. The van der Waals surface area contributed by atoms with Crippen molar-refractivity contribution in [3.05, 3.63) is 17.9 Å². The summed E-state index contributed by atoms with van der Waals surface area (Å²) in [7, 11) is -3.80. The number of nitrogens with one attached hydrogen (secondary N) is 1. The molecule has 8 heteroatoms. The first-order valence-electron chi connectivity index (χ1n) is 6.48. The Kier molecular flexibility index (Phi) is 6.18. The van der Waals surface area contributed by atoms with Gasteiger partial charge in [0.05, 0.1) is 6.54 Å². The fourth-order valence-corrected chi connectivity index (χ4v) is 2.23. The van der Waals surface area contributed by atoms with Crippen LogP contribution in [0.3, 0.4) is 0 Å². The number of nitrogens with two attached hydrogens (primary N) is 1. The Hall–Kier alpha value is -1.38. The number of furan rings is 1. The van der Waals surface area contributed by atoms with E-state index in [2.05, 4.69) is 5.32 Å². The third-order valence-electron chi connectivity index (χ3n) is 2.85. The van der Waals surface area contributed by atoms with Gasteiger partial charge in [-0.15, -0.1) is 0 Å². The lowest BCUT2D eigenvalue weighted by molar-refractivity contribution is -0.130. The lowest BCUT2D eigenvalue weighted by Gasteiger charge is -2.18. The maximum absolute atomic E-state index is 11.7. The number of amides is 1. The zero-order valence-electron chi connectivity index (χ0n) is 11.8. The second-order valence-electron chi connectivity index (χ2n) is 4.26. The molecule has 1 amide bonds. The van der Waals surface area contributed by atoms with Gasteiger partial charge in [0, 0.05) is 26.1 Å². The average Bonchev–Trinajstić information content (AvgIpc) is 2.85. The molecule has 0 aliphatic heterocycles. The Bertz CT molecular complexity index is 535. The SMILES string of the molecule is CCN(CC)C(=O)CCNCc1ccc(S(N)(=O)=O)o1. The molecule has 0 radical (unpaired) electrons. The van der Waals surface area contributed by atoms with Crippen LogP contribution < -0.4 is 10.5 Å². The Balaban J connectivity index is 2.35. The second-order valence-corrected chi connectivity index (χ2v) is 5.75. The molecule has 0 spiro atoms. The minimum atomic E-state index is -3.80. The van der Waals surface area contributed by atoms with Gasteiger partial charge >= 0.3 is 0 Å².